The van der Waals surface area contributed by atoms with Crippen molar-refractivity contribution in [1.29, 1.82) is 0 Å². The van der Waals surface area contributed by atoms with Gasteiger partial charge < -0.3 is 13.6 Å². The molecular weight excluding hydrogens is 366 g/mol. The number of hydrogen-bond donors (Lipinski definition) is 1. The summed E-state index contributed by atoms with van der Waals surface area (Å²) in [6.45, 7) is 1.81. The molecule has 2 heterocycles. The molecule has 1 aromatic carbocycles. The smallest absolute Gasteiger partial charge is 0.322 e. The maximum Gasteiger partial charge on any atom is 0.322 e. The van der Waals surface area contributed by atoms with E-state index in [-0.39, 0.29) is 18.5 Å². The second-order valence-electron chi connectivity index (χ2n) is 4.67. The van der Waals surface area contributed by atoms with E-state index in [0.29, 0.717) is 16.2 Å². The molecule has 0 aliphatic rings. The summed E-state index contributed by atoms with van der Waals surface area (Å²) in [6.07, 6.45) is 0. The normalized spacial score (nSPS) is 10.5. The first-order valence-electron chi connectivity index (χ1n) is 6.69. The molecule has 0 aliphatic heterocycles. The SMILES string of the molecule is Cc1ccc(OCC(=O)Nc2nnc(-c3ccc(Br)o3)o2)cc1. The van der Waals surface area contributed by atoms with E-state index in [0.717, 1.165) is 5.56 Å². The Labute approximate surface area is 139 Å². The van der Waals surface area contributed by atoms with Gasteiger partial charge in [-0.2, -0.15) is 0 Å². The van der Waals surface area contributed by atoms with Gasteiger partial charge >= 0.3 is 6.01 Å². The van der Waals surface area contributed by atoms with Crippen LogP contribution < -0.4 is 10.1 Å². The third-order valence-electron chi connectivity index (χ3n) is 2.85. The van der Waals surface area contributed by atoms with Gasteiger partial charge in [0.05, 0.1) is 0 Å². The third-order valence-corrected chi connectivity index (χ3v) is 3.27. The van der Waals surface area contributed by atoms with E-state index in [1.54, 1.807) is 24.3 Å². The molecule has 23 heavy (non-hydrogen) atoms. The third kappa shape index (κ3) is 3.98. The van der Waals surface area contributed by atoms with E-state index in [1.165, 1.54) is 0 Å². The van der Waals surface area contributed by atoms with Crippen LogP contribution in [0.3, 0.4) is 0 Å². The Morgan fingerprint density at radius 1 is 1.17 bits per heavy atom. The van der Waals surface area contributed by atoms with E-state index in [9.17, 15) is 4.79 Å². The second-order valence-corrected chi connectivity index (χ2v) is 5.45. The van der Waals surface area contributed by atoms with Crippen molar-refractivity contribution in [2.24, 2.45) is 0 Å². The maximum atomic E-state index is 11.8. The van der Waals surface area contributed by atoms with E-state index in [4.69, 9.17) is 13.6 Å². The van der Waals surface area contributed by atoms with Crippen molar-refractivity contribution in [3.63, 3.8) is 0 Å². The largest absolute Gasteiger partial charge is 0.484 e. The molecule has 0 unspecified atom stereocenters. The highest BCUT2D eigenvalue weighted by Crippen LogP contribution is 2.24. The number of rotatable bonds is 5. The summed E-state index contributed by atoms with van der Waals surface area (Å²) >= 11 is 3.18. The lowest BCUT2D eigenvalue weighted by molar-refractivity contribution is -0.118. The summed E-state index contributed by atoms with van der Waals surface area (Å²) in [5.74, 6) is 0.782. The predicted octanol–water partition coefficient (Wildman–Crippen LogP) is 3.42. The fourth-order valence-electron chi connectivity index (χ4n) is 1.74. The average Bonchev–Trinajstić information content (AvgIpc) is 3.16. The summed E-state index contributed by atoms with van der Waals surface area (Å²) in [4.78, 5) is 11.8. The minimum Gasteiger partial charge on any atom is -0.484 e. The van der Waals surface area contributed by atoms with Gasteiger partial charge in [-0.15, -0.1) is 5.10 Å². The lowest BCUT2D eigenvalue weighted by Gasteiger charge is -2.05. The van der Waals surface area contributed by atoms with Crippen LogP contribution in [0.4, 0.5) is 6.01 Å². The van der Waals surface area contributed by atoms with Crippen molar-refractivity contribution in [1.82, 2.24) is 10.2 Å². The Bertz CT molecular complexity index is 810. The number of halogens is 1. The zero-order chi connectivity index (χ0) is 16.2. The first kappa shape index (κ1) is 15.3. The van der Waals surface area contributed by atoms with Crippen molar-refractivity contribution in [3.05, 3.63) is 46.6 Å². The molecule has 8 heteroatoms. The molecule has 0 radical (unpaired) electrons. The number of ether oxygens (including phenoxy) is 1. The van der Waals surface area contributed by atoms with Crippen LogP contribution in [0.15, 0.2) is 49.9 Å². The van der Waals surface area contributed by atoms with Gasteiger partial charge in [0.1, 0.15) is 5.75 Å². The summed E-state index contributed by atoms with van der Waals surface area (Å²) in [6, 6.07) is 10.7. The Kier molecular flexibility index (Phi) is 4.42. The van der Waals surface area contributed by atoms with E-state index >= 15 is 0 Å². The number of nitrogens with one attached hydrogen (secondary N) is 1. The number of carbonyl (C=O) groups excluding carboxylic acids is 1. The molecule has 3 aromatic rings. The van der Waals surface area contributed by atoms with Crippen LogP contribution in [0, 0.1) is 6.92 Å². The summed E-state index contributed by atoms with van der Waals surface area (Å²) in [5, 5.41) is 9.99. The number of benzene rings is 1. The van der Waals surface area contributed by atoms with Crippen LogP contribution in [0.25, 0.3) is 11.7 Å². The highest BCUT2D eigenvalue weighted by atomic mass is 79.9. The Balaban J connectivity index is 1.56. The van der Waals surface area contributed by atoms with Crippen molar-refractivity contribution in [2.45, 2.75) is 6.92 Å². The number of nitrogens with zero attached hydrogens (tertiary/aromatic N) is 2. The summed E-state index contributed by atoms with van der Waals surface area (Å²) in [5.41, 5.74) is 1.12. The quantitative estimate of drug-likeness (QED) is 0.732. The van der Waals surface area contributed by atoms with Gasteiger partial charge in [0, 0.05) is 0 Å². The number of hydrogen-bond acceptors (Lipinski definition) is 6. The van der Waals surface area contributed by atoms with E-state index < -0.39 is 5.91 Å². The van der Waals surface area contributed by atoms with Crippen molar-refractivity contribution in [3.8, 4) is 17.4 Å². The summed E-state index contributed by atoms with van der Waals surface area (Å²) in [7, 11) is 0. The van der Waals surface area contributed by atoms with Gasteiger partial charge in [-0.1, -0.05) is 22.8 Å². The maximum absolute atomic E-state index is 11.8. The first-order chi connectivity index (χ1) is 11.1. The minimum atomic E-state index is -0.401. The van der Waals surface area contributed by atoms with E-state index in [2.05, 4.69) is 31.4 Å². The fourth-order valence-corrected chi connectivity index (χ4v) is 2.05. The van der Waals surface area contributed by atoms with Gasteiger partial charge in [0.2, 0.25) is 0 Å². The van der Waals surface area contributed by atoms with Gasteiger partial charge in [-0.3, -0.25) is 10.1 Å². The van der Waals surface area contributed by atoms with Crippen LogP contribution in [0.1, 0.15) is 5.56 Å². The highest BCUT2D eigenvalue weighted by Gasteiger charge is 2.14. The van der Waals surface area contributed by atoms with Crippen LogP contribution in [0.2, 0.25) is 0 Å². The molecule has 3 rings (SSSR count). The molecule has 0 atom stereocenters. The zero-order valence-electron chi connectivity index (χ0n) is 12.1. The predicted molar refractivity (Wildman–Crippen MR) is 85.0 cm³/mol. The molecule has 0 saturated carbocycles. The molecule has 0 saturated heterocycles. The van der Waals surface area contributed by atoms with Crippen LogP contribution in [-0.2, 0) is 4.79 Å². The molecule has 1 N–H and O–H groups in total. The number of aryl methyl sites for hydroxylation is 1. The average molecular weight is 378 g/mol. The topological polar surface area (TPSA) is 90.4 Å². The molecule has 0 aliphatic carbocycles. The molecule has 1 amide bonds. The van der Waals surface area contributed by atoms with Crippen LogP contribution in [0.5, 0.6) is 5.75 Å². The highest BCUT2D eigenvalue weighted by molar-refractivity contribution is 9.10. The molecular formula is C15H12BrN3O4. The second kappa shape index (κ2) is 6.66. The molecule has 0 spiro atoms. The molecule has 0 fully saturated rings. The molecule has 2 aromatic heterocycles. The minimum absolute atomic E-state index is 0.0231. The van der Waals surface area contributed by atoms with Gasteiger partial charge in [-0.05, 0) is 47.1 Å². The number of aromatic nitrogens is 2. The van der Waals surface area contributed by atoms with Crippen molar-refractivity contribution < 1.29 is 18.4 Å². The van der Waals surface area contributed by atoms with Gasteiger partial charge in [0.15, 0.2) is 17.0 Å². The number of amides is 1. The number of anilines is 1. The lowest BCUT2D eigenvalue weighted by atomic mass is 10.2. The van der Waals surface area contributed by atoms with Crippen LogP contribution >= 0.6 is 15.9 Å². The van der Waals surface area contributed by atoms with Crippen molar-refractivity contribution in [2.75, 3.05) is 11.9 Å². The number of carbonyl (C=O) groups is 1. The van der Waals surface area contributed by atoms with Gasteiger partial charge in [-0.25, -0.2) is 0 Å². The fraction of sp³-hybridized carbons (Fsp3) is 0.133. The number of furan rings is 1. The Morgan fingerprint density at radius 2 is 1.96 bits per heavy atom. The van der Waals surface area contributed by atoms with E-state index in [1.807, 2.05) is 19.1 Å². The zero-order valence-corrected chi connectivity index (χ0v) is 13.7. The standard InChI is InChI=1S/C15H12BrN3O4/c1-9-2-4-10(5-3-9)21-8-13(20)17-15-19-18-14(23-15)11-6-7-12(16)22-11/h2-7H,8H2,1H3,(H,17,19,20). The van der Waals surface area contributed by atoms with Gasteiger partial charge in [0.25, 0.3) is 11.8 Å². The van der Waals surface area contributed by atoms with Crippen molar-refractivity contribution >= 4 is 27.9 Å². The molecule has 118 valence electrons. The Hall–Kier alpha value is -2.61. The van der Waals surface area contributed by atoms with Crippen LogP contribution in [-0.4, -0.2) is 22.7 Å². The lowest BCUT2D eigenvalue weighted by Crippen LogP contribution is -2.20. The molecule has 7 nitrogen and oxygen atoms in total. The molecule has 0 bridgehead atoms. The first-order valence-corrected chi connectivity index (χ1v) is 7.48. The Morgan fingerprint density at radius 3 is 2.65 bits per heavy atom. The monoisotopic (exact) mass is 377 g/mol. The summed E-state index contributed by atoms with van der Waals surface area (Å²) < 4.78 is 16.5.